The van der Waals surface area contributed by atoms with Crippen molar-refractivity contribution in [2.75, 3.05) is 19.6 Å². The van der Waals surface area contributed by atoms with Gasteiger partial charge in [0.1, 0.15) is 42.3 Å². The van der Waals surface area contributed by atoms with Gasteiger partial charge in [-0.2, -0.15) is 0 Å². The average Bonchev–Trinajstić information content (AvgIpc) is 3.92. The minimum atomic E-state index is -1.68. The topological polar surface area (TPSA) is 333 Å². The Kier molecular flexibility index (Phi) is 16.3. The normalized spacial score (nSPS) is 20.2. The third-order valence-corrected chi connectivity index (χ3v) is 9.40. The fraction of sp³-hybridized carbons (Fsp3) is 0.667. The molecule has 2 aliphatic heterocycles. The van der Waals surface area contributed by atoms with Crippen molar-refractivity contribution in [3.05, 3.63) is 18.2 Å². The lowest BCUT2D eigenvalue weighted by Crippen LogP contribution is -2.60. The van der Waals surface area contributed by atoms with Gasteiger partial charge >= 0.3 is 11.9 Å². The van der Waals surface area contributed by atoms with E-state index in [0.29, 0.717) is 37.9 Å². The number of aliphatic hydroxyl groups excluding tert-OH is 1. The number of likely N-dealkylation sites (tertiary alicyclic amines) is 2. The van der Waals surface area contributed by atoms with Crippen molar-refractivity contribution in [1.82, 2.24) is 41.0 Å². The zero-order valence-electron chi connectivity index (χ0n) is 30.4. The smallest absolute Gasteiger partial charge is 0.325 e. The zero-order valence-corrected chi connectivity index (χ0v) is 30.4. The lowest BCUT2D eigenvalue weighted by Gasteiger charge is -2.33. The Balaban J connectivity index is 1.80. The second kappa shape index (κ2) is 20.3. The maximum absolute atomic E-state index is 14.2. The number of unbranched alkanes of at least 4 members (excludes halogenated alkanes) is 1. The summed E-state index contributed by atoms with van der Waals surface area (Å²) >= 11 is 0. The summed E-state index contributed by atoms with van der Waals surface area (Å²) in [5, 5.41) is 38.1. The monoisotopic (exact) mass is 764 g/mol. The lowest BCUT2D eigenvalue weighted by molar-refractivity contribution is -0.148. The Bertz CT molecular complexity index is 1510. The Hall–Kier alpha value is -5.15. The third-order valence-electron chi connectivity index (χ3n) is 9.40. The van der Waals surface area contributed by atoms with Gasteiger partial charge in [0.05, 0.1) is 18.9 Å². The number of nitrogens with one attached hydrogen (secondary N) is 5. The van der Waals surface area contributed by atoms with Gasteiger partial charge in [-0.1, -0.05) is 0 Å². The molecule has 0 bridgehead atoms. The van der Waals surface area contributed by atoms with Crippen LogP contribution >= 0.6 is 0 Å². The number of hydrogen-bond donors (Lipinski definition) is 10. The van der Waals surface area contributed by atoms with Crippen molar-refractivity contribution in [3.8, 4) is 0 Å². The first-order valence-electron chi connectivity index (χ1n) is 17.9. The maximum atomic E-state index is 14.2. The number of amides is 6. The molecular weight excluding hydrogens is 712 g/mol. The SMILES string of the molecule is C[C@H](NC(=O)[C@H](CCCCN)NC(=O)[C@@H]1CCCN1C(=O)[C@@H]1CCCN1C(=O)[C@H](Cc1cnc[nH]1)NC(=O)[C@H](CC(=O)O)NC(=O)[C@@H](N)[C@@H](C)O)C(=O)O. The van der Waals surface area contributed by atoms with Crippen LogP contribution in [0, 0.1) is 0 Å². The van der Waals surface area contributed by atoms with E-state index >= 15 is 0 Å². The second-order valence-corrected chi connectivity index (χ2v) is 13.6. The molecule has 8 atom stereocenters. The summed E-state index contributed by atoms with van der Waals surface area (Å²) in [6, 6.07) is -8.80. The fourth-order valence-electron chi connectivity index (χ4n) is 6.35. The molecule has 0 aliphatic carbocycles. The number of carbonyl (C=O) groups excluding carboxylic acids is 6. The highest BCUT2D eigenvalue weighted by molar-refractivity contribution is 5.98. The van der Waals surface area contributed by atoms with Gasteiger partial charge in [-0.05, 0) is 65.3 Å². The number of carbonyl (C=O) groups is 8. The van der Waals surface area contributed by atoms with Crippen molar-refractivity contribution >= 4 is 47.4 Å². The standard InChI is InChI=1S/C33H52N10O11/c1-17(33(53)54)38-27(47)20(7-3-4-10-34)39-29(49)23-8-5-11-42(23)32(52)24-9-6-12-43(24)31(51)22(13-19-15-36-16-37-19)41-28(48)21(14-25(45)46)40-30(50)26(35)18(2)44/h15-18,20-24,26,44H,3-14,34-35H2,1-2H3,(H,36,37)(H,38,47)(H,39,49)(H,40,50)(H,41,48)(H,45,46)(H,53,54)/t17-,18+,20-,21-,22-,23-,24-,26-/m0/s1. The molecular formula is C33H52N10O11. The third kappa shape index (κ3) is 11.9. The Labute approximate surface area is 311 Å². The fourth-order valence-corrected chi connectivity index (χ4v) is 6.35. The molecule has 0 aromatic carbocycles. The molecule has 21 nitrogen and oxygen atoms in total. The first-order chi connectivity index (χ1) is 25.5. The number of imidazole rings is 1. The van der Waals surface area contributed by atoms with Gasteiger partial charge in [-0.25, -0.2) is 4.98 Å². The van der Waals surface area contributed by atoms with Gasteiger partial charge in [0.2, 0.25) is 35.4 Å². The average molecular weight is 765 g/mol. The van der Waals surface area contributed by atoms with Crippen molar-refractivity contribution in [2.24, 2.45) is 11.5 Å². The van der Waals surface area contributed by atoms with E-state index < -0.39 is 102 Å². The highest BCUT2D eigenvalue weighted by atomic mass is 16.4. The van der Waals surface area contributed by atoms with Gasteiger partial charge in [0.25, 0.3) is 0 Å². The van der Waals surface area contributed by atoms with Crippen LogP contribution in [0.5, 0.6) is 0 Å². The molecule has 2 saturated heterocycles. The maximum Gasteiger partial charge on any atom is 0.325 e. The number of hydrogen-bond acceptors (Lipinski definition) is 12. The molecule has 2 fully saturated rings. The van der Waals surface area contributed by atoms with E-state index in [4.69, 9.17) is 11.5 Å². The predicted molar refractivity (Wildman–Crippen MR) is 188 cm³/mol. The largest absolute Gasteiger partial charge is 0.481 e. The second-order valence-electron chi connectivity index (χ2n) is 13.6. The van der Waals surface area contributed by atoms with Crippen LogP contribution in [-0.2, 0) is 44.8 Å². The van der Waals surface area contributed by atoms with E-state index in [1.807, 2.05) is 0 Å². The van der Waals surface area contributed by atoms with Gasteiger partial charge in [-0.3, -0.25) is 38.4 Å². The van der Waals surface area contributed by atoms with Crippen LogP contribution in [0.25, 0.3) is 0 Å². The van der Waals surface area contributed by atoms with Gasteiger partial charge in [0.15, 0.2) is 0 Å². The summed E-state index contributed by atoms with van der Waals surface area (Å²) in [5.74, 6) is -7.22. The molecule has 1 aromatic rings. The molecule has 12 N–H and O–H groups in total. The number of nitrogens with two attached hydrogens (primary N) is 2. The molecule has 54 heavy (non-hydrogen) atoms. The van der Waals surface area contributed by atoms with Crippen LogP contribution in [-0.4, -0.2) is 151 Å². The zero-order chi connectivity index (χ0) is 40.1. The molecule has 3 rings (SSSR count). The molecule has 0 spiro atoms. The summed E-state index contributed by atoms with van der Waals surface area (Å²) in [7, 11) is 0. The van der Waals surface area contributed by atoms with Crippen LogP contribution in [0.4, 0.5) is 0 Å². The number of aromatic amines is 1. The Morgan fingerprint density at radius 3 is 2.09 bits per heavy atom. The number of nitrogens with zero attached hydrogens (tertiary/aromatic N) is 3. The van der Waals surface area contributed by atoms with Crippen LogP contribution in [0.1, 0.15) is 70.9 Å². The molecule has 0 unspecified atom stereocenters. The van der Waals surface area contributed by atoms with Gasteiger partial charge < -0.3 is 62.8 Å². The Morgan fingerprint density at radius 2 is 1.50 bits per heavy atom. The number of H-pyrrole nitrogens is 1. The lowest BCUT2D eigenvalue weighted by atomic mass is 10.1. The molecule has 0 radical (unpaired) electrons. The minimum Gasteiger partial charge on any atom is -0.481 e. The van der Waals surface area contributed by atoms with Crippen molar-refractivity contribution in [3.63, 3.8) is 0 Å². The number of carboxylic acids is 2. The number of rotatable bonds is 20. The van der Waals surface area contributed by atoms with E-state index in [9.17, 15) is 53.7 Å². The molecule has 1 aromatic heterocycles. The van der Waals surface area contributed by atoms with Gasteiger partial charge in [-0.15, -0.1) is 0 Å². The summed E-state index contributed by atoms with van der Waals surface area (Å²) < 4.78 is 0. The molecule has 21 heteroatoms. The van der Waals surface area contributed by atoms with E-state index in [2.05, 4.69) is 31.2 Å². The molecule has 300 valence electrons. The number of carboxylic acid groups (broad SMARTS) is 2. The number of aromatic nitrogens is 2. The Morgan fingerprint density at radius 1 is 0.870 bits per heavy atom. The van der Waals surface area contributed by atoms with Crippen molar-refractivity contribution in [2.45, 2.75) is 120 Å². The first-order valence-corrected chi connectivity index (χ1v) is 17.9. The summed E-state index contributed by atoms with van der Waals surface area (Å²) in [6.07, 6.45) is 3.03. The van der Waals surface area contributed by atoms with Crippen LogP contribution in [0.3, 0.4) is 0 Å². The minimum absolute atomic E-state index is 0.124. The van der Waals surface area contributed by atoms with Crippen molar-refractivity contribution in [1.29, 1.82) is 0 Å². The molecule has 2 aliphatic rings. The van der Waals surface area contributed by atoms with Crippen LogP contribution in [0.2, 0.25) is 0 Å². The molecule has 0 saturated carbocycles. The highest BCUT2D eigenvalue weighted by Gasteiger charge is 2.44. The van der Waals surface area contributed by atoms with Crippen LogP contribution in [0.15, 0.2) is 12.5 Å². The van der Waals surface area contributed by atoms with E-state index in [0.717, 1.165) is 0 Å². The summed E-state index contributed by atoms with van der Waals surface area (Å²) in [4.78, 5) is 113. The quantitative estimate of drug-likeness (QED) is 0.0572. The van der Waals surface area contributed by atoms with Crippen LogP contribution < -0.4 is 32.7 Å². The predicted octanol–water partition coefficient (Wildman–Crippen LogP) is -3.71. The summed E-state index contributed by atoms with van der Waals surface area (Å²) in [5.41, 5.74) is 11.7. The molecule has 6 amide bonds. The van der Waals surface area contributed by atoms with E-state index in [1.165, 1.54) is 36.2 Å². The van der Waals surface area contributed by atoms with Crippen molar-refractivity contribution < 1.29 is 53.7 Å². The highest BCUT2D eigenvalue weighted by Crippen LogP contribution is 2.26. The number of aliphatic hydroxyl groups is 1. The number of aliphatic carboxylic acids is 2. The molecule has 3 heterocycles. The summed E-state index contributed by atoms with van der Waals surface area (Å²) in [6.45, 7) is 3.19. The van der Waals surface area contributed by atoms with E-state index in [1.54, 1.807) is 0 Å². The van der Waals surface area contributed by atoms with Gasteiger partial charge in [0, 0.05) is 31.4 Å². The first kappa shape index (κ1) is 43.3. The van der Waals surface area contributed by atoms with E-state index in [-0.39, 0.29) is 38.8 Å².